The highest BCUT2D eigenvalue weighted by Gasteiger charge is 2.38. The molecular weight excluding hydrogens is 370 g/mol. The summed E-state index contributed by atoms with van der Waals surface area (Å²) in [6.45, 7) is 6.85. The number of aliphatic hydroxyl groups is 1. The van der Waals surface area contributed by atoms with Gasteiger partial charge in [0, 0.05) is 5.69 Å². The maximum Gasteiger partial charge on any atom is 0.315 e. The molecule has 0 aliphatic heterocycles. The van der Waals surface area contributed by atoms with Crippen molar-refractivity contribution in [2.24, 2.45) is 5.41 Å². The minimum absolute atomic E-state index is 0.00977. The van der Waals surface area contributed by atoms with E-state index in [0.29, 0.717) is 17.2 Å². The molecule has 0 unspecified atom stereocenters. The Bertz CT molecular complexity index is 845. The summed E-state index contributed by atoms with van der Waals surface area (Å²) in [5, 5.41) is 22.8. The van der Waals surface area contributed by atoms with Gasteiger partial charge in [0.1, 0.15) is 5.75 Å². The summed E-state index contributed by atoms with van der Waals surface area (Å²) in [5.74, 6) is -0.738. The fourth-order valence-corrected chi connectivity index (χ4v) is 2.87. The maximum atomic E-state index is 12.4. The molecule has 2 rings (SSSR count). The van der Waals surface area contributed by atoms with Gasteiger partial charge in [0.15, 0.2) is 6.61 Å². The zero-order valence-electron chi connectivity index (χ0n) is 17.3. The van der Waals surface area contributed by atoms with Crippen molar-refractivity contribution in [3.8, 4) is 5.75 Å². The summed E-state index contributed by atoms with van der Waals surface area (Å²) >= 11 is 0. The van der Waals surface area contributed by atoms with E-state index in [1.54, 1.807) is 12.1 Å². The number of carbonyl (C=O) groups is 2. The number of aromatic hydroxyl groups is 1. The zero-order valence-corrected chi connectivity index (χ0v) is 17.3. The predicted molar refractivity (Wildman–Crippen MR) is 112 cm³/mol. The third-order valence-corrected chi connectivity index (χ3v) is 5.11. The first-order valence-corrected chi connectivity index (χ1v) is 9.69. The number of phenolic OH excluding ortho intramolecular Hbond substituents is 1. The molecular formula is C23H29NO5. The van der Waals surface area contributed by atoms with Crippen LogP contribution in [0.2, 0.25) is 0 Å². The molecule has 6 nitrogen and oxygen atoms in total. The largest absolute Gasteiger partial charge is 0.508 e. The number of anilines is 1. The summed E-state index contributed by atoms with van der Waals surface area (Å²) in [5.41, 5.74) is 0.904. The van der Waals surface area contributed by atoms with Crippen LogP contribution >= 0.6 is 0 Å². The fraction of sp³-hybridized carbons (Fsp3) is 0.391. The molecule has 6 heteroatoms. The van der Waals surface area contributed by atoms with Gasteiger partial charge in [-0.1, -0.05) is 38.1 Å². The molecule has 0 spiro atoms. The second kappa shape index (κ2) is 9.56. The van der Waals surface area contributed by atoms with Gasteiger partial charge in [0.25, 0.3) is 5.91 Å². The van der Waals surface area contributed by atoms with E-state index in [-0.39, 0.29) is 5.75 Å². The Balaban J connectivity index is 1.92. The number of nitrogens with one attached hydrogen (secondary N) is 1. The van der Waals surface area contributed by atoms with Crippen LogP contribution in [0.25, 0.3) is 0 Å². The van der Waals surface area contributed by atoms with Gasteiger partial charge in [-0.05, 0) is 61.6 Å². The first-order chi connectivity index (χ1) is 13.6. The van der Waals surface area contributed by atoms with Gasteiger partial charge in [0.05, 0.1) is 11.5 Å². The molecule has 2 aromatic carbocycles. The molecule has 0 heterocycles. The van der Waals surface area contributed by atoms with E-state index in [2.05, 4.69) is 19.2 Å². The predicted octanol–water partition coefficient (Wildman–Crippen LogP) is 4.15. The maximum absolute atomic E-state index is 12.4. The van der Waals surface area contributed by atoms with E-state index in [9.17, 15) is 19.8 Å². The molecule has 29 heavy (non-hydrogen) atoms. The Morgan fingerprint density at radius 2 is 1.76 bits per heavy atom. The molecule has 0 bridgehead atoms. The Morgan fingerprint density at radius 3 is 2.34 bits per heavy atom. The van der Waals surface area contributed by atoms with Gasteiger partial charge in [-0.25, -0.2) is 0 Å². The van der Waals surface area contributed by atoms with Crippen LogP contribution in [0.4, 0.5) is 5.69 Å². The second-order valence-electron chi connectivity index (χ2n) is 7.77. The summed E-state index contributed by atoms with van der Waals surface area (Å²) in [4.78, 5) is 24.6. The molecule has 2 atom stereocenters. The lowest BCUT2D eigenvalue weighted by atomic mass is 9.82. The first-order valence-electron chi connectivity index (χ1n) is 9.69. The van der Waals surface area contributed by atoms with E-state index in [4.69, 9.17) is 4.74 Å². The number of amides is 1. The highest BCUT2D eigenvalue weighted by atomic mass is 16.5. The number of hydrogen-bond donors (Lipinski definition) is 3. The Labute approximate surface area is 171 Å². The Morgan fingerprint density at radius 1 is 1.10 bits per heavy atom. The molecule has 0 aromatic heterocycles. The highest BCUT2D eigenvalue weighted by Crippen LogP contribution is 2.35. The standard InChI is InChI=1S/C23H29NO5/c1-5-15(2)16-9-11-18(12-10-16)24-20(26)14-29-22(28)23(3,4)21(27)17-7-6-8-19(25)13-17/h6-13,15,21,25,27H,5,14H2,1-4H3,(H,24,26)/t15-,21+/m1/s1. The Hall–Kier alpha value is -2.86. The summed E-state index contributed by atoms with van der Waals surface area (Å²) in [6.07, 6.45) is -0.162. The molecule has 0 aliphatic carbocycles. The summed E-state index contributed by atoms with van der Waals surface area (Å²) < 4.78 is 5.12. The van der Waals surface area contributed by atoms with Gasteiger partial charge in [-0.2, -0.15) is 0 Å². The van der Waals surface area contributed by atoms with Crippen molar-refractivity contribution in [3.63, 3.8) is 0 Å². The molecule has 2 aromatic rings. The number of esters is 1. The average molecular weight is 399 g/mol. The van der Waals surface area contributed by atoms with Crippen LogP contribution in [0.15, 0.2) is 48.5 Å². The number of hydrogen-bond acceptors (Lipinski definition) is 5. The monoisotopic (exact) mass is 399 g/mol. The summed E-state index contributed by atoms with van der Waals surface area (Å²) in [6, 6.07) is 13.6. The number of rotatable bonds is 8. The second-order valence-corrected chi connectivity index (χ2v) is 7.77. The molecule has 3 N–H and O–H groups in total. The SMILES string of the molecule is CC[C@@H](C)c1ccc(NC(=O)COC(=O)C(C)(C)[C@@H](O)c2cccc(O)c2)cc1. The van der Waals surface area contributed by atoms with Crippen LogP contribution in [0, 0.1) is 5.41 Å². The van der Waals surface area contributed by atoms with Crippen LogP contribution in [0.1, 0.15) is 57.3 Å². The van der Waals surface area contributed by atoms with Crippen LogP contribution in [-0.2, 0) is 14.3 Å². The van der Waals surface area contributed by atoms with E-state index in [1.165, 1.54) is 31.5 Å². The minimum Gasteiger partial charge on any atom is -0.508 e. The van der Waals surface area contributed by atoms with Crippen LogP contribution in [0.3, 0.4) is 0 Å². The quantitative estimate of drug-likeness (QED) is 0.580. The zero-order chi connectivity index (χ0) is 21.6. The van der Waals surface area contributed by atoms with Crippen molar-refractivity contribution in [3.05, 3.63) is 59.7 Å². The van der Waals surface area contributed by atoms with Crippen molar-refractivity contribution in [2.75, 3.05) is 11.9 Å². The fourth-order valence-electron chi connectivity index (χ4n) is 2.87. The van der Waals surface area contributed by atoms with Crippen molar-refractivity contribution in [1.82, 2.24) is 0 Å². The molecule has 156 valence electrons. The van der Waals surface area contributed by atoms with Crippen molar-refractivity contribution >= 4 is 17.6 Å². The molecule has 1 amide bonds. The average Bonchev–Trinajstić information content (AvgIpc) is 2.71. The number of carbonyl (C=O) groups excluding carboxylic acids is 2. The molecule has 0 saturated carbocycles. The highest BCUT2D eigenvalue weighted by molar-refractivity contribution is 5.93. The van der Waals surface area contributed by atoms with E-state index in [1.807, 2.05) is 24.3 Å². The molecule has 0 aliphatic rings. The van der Waals surface area contributed by atoms with Gasteiger partial charge < -0.3 is 20.3 Å². The number of phenols is 1. The Kier molecular flexibility index (Phi) is 7.40. The number of aliphatic hydroxyl groups excluding tert-OH is 1. The van der Waals surface area contributed by atoms with Gasteiger partial charge >= 0.3 is 5.97 Å². The topological polar surface area (TPSA) is 95.9 Å². The smallest absolute Gasteiger partial charge is 0.315 e. The lowest BCUT2D eigenvalue weighted by molar-refractivity contribution is -0.162. The normalized spacial score (nSPS) is 13.4. The van der Waals surface area contributed by atoms with E-state index < -0.39 is 30.0 Å². The van der Waals surface area contributed by atoms with Gasteiger partial charge in [-0.15, -0.1) is 0 Å². The van der Waals surface area contributed by atoms with Gasteiger partial charge in [0.2, 0.25) is 0 Å². The van der Waals surface area contributed by atoms with Crippen molar-refractivity contribution in [2.45, 2.75) is 46.1 Å². The summed E-state index contributed by atoms with van der Waals surface area (Å²) in [7, 11) is 0. The number of benzene rings is 2. The number of ether oxygens (including phenoxy) is 1. The van der Waals surface area contributed by atoms with E-state index >= 15 is 0 Å². The molecule has 0 radical (unpaired) electrons. The van der Waals surface area contributed by atoms with E-state index in [0.717, 1.165) is 6.42 Å². The van der Waals surface area contributed by atoms with Crippen LogP contribution in [-0.4, -0.2) is 28.7 Å². The van der Waals surface area contributed by atoms with Gasteiger partial charge in [-0.3, -0.25) is 9.59 Å². The van der Waals surface area contributed by atoms with Crippen molar-refractivity contribution < 1.29 is 24.5 Å². The molecule has 0 fully saturated rings. The lowest BCUT2D eigenvalue weighted by Crippen LogP contribution is -2.35. The molecule has 0 saturated heterocycles. The van der Waals surface area contributed by atoms with Crippen LogP contribution in [0.5, 0.6) is 5.75 Å². The third kappa shape index (κ3) is 5.81. The van der Waals surface area contributed by atoms with Crippen LogP contribution < -0.4 is 5.32 Å². The lowest BCUT2D eigenvalue weighted by Gasteiger charge is -2.28. The minimum atomic E-state index is -1.30. The first kappa shape index (κ1) is 22.4. The third-order valence-electron chi connectivity index (χ3n) is 5.11. The van der Waals surface area contributed by atoms with Crippen molar-refractivity contribution in [1.29, 1.82) is 0 Å².